The lowest BCUT2D eigenvalue weighted by molar-refractivity contribution is -0.117. The van der Waals surface area contributed by atoms with Gasteiger partial charge in [0.15, 0.2) is 0 Å². The van der Waals surface area contributed by atoms with Crippen LogP contribution in [0.1, 0.15) is 25.0 Å². The SMILES string of the molecule is CC(C)Oc1ccc(NC(=O)CN2CCc3ccccc3C2)cc1. The van der Waals surface area contributed by atoms with Gasteiger partial charge in [0.05, 0.1) is 12.6 Å². The van der Waals surface area contributed by atoms with E-state index in [1.54, 1.807) is 0 Å². The minimum absolute atomic E-state index is 0.0203. The summed E-state index contributed by atoms with van der Waals surface area (Å²) in [6.07, 6.45) is 1.15. The van der Waals surface area contributed by atoms with Gasteiger partial charge in [-0.25, -0.2) is 0 Å². The molecule has 0 radical (unpaired) electrons. The van der Waals surface area contributed by atoms with Crippen LogP contribution in [-0.2, 0) is 17.8 Å². The summed E-state index contributed by atoms with van der Waals surface area (Å²) in [6.45, 7) is 6.16. The molecule has 1 N–H and O–H groups in total. The topological polar surface area (TPSA) is 41.6 Å². The lowest BCUT2D eigenvalue weighted by Crippen LogP contribution is -2.37. The molecule has 3 rings (SSSR count). The number of rotatable bonds is 5. The summed E-state index contributed by atoms with van der Waals surface area (Å²) in [5.74, 6) is 0.836. The second-order valence-electron chi connectivity index (χ2n) is 6.47. The Hall–Kier alpha value is -2.33. The Labute approximate surface area is 143 Å². The van der Waals surface area contributed by atoms with E-state index in [1.165, 1.54) is 11.1 Å². The number of amides is 1. The van der Waals surface area contributed by atoms with Crippen molar-refractivity contribution in [1.29, 1.82) is 0 Å². The van der Waals surface area contributed by atoms with Crippen LogP contribution >= 0.6 is 0 Å². The van der Waals surface area contributed by atoms with Crippen LogP contribution in [-0.4, -0.2) is 30.0 Å². The Morgan fingerprint density at radius 3 is 2.54 bits per heavy atom. The van der Waals surface area contributed by atoms with Crippen LogP contribution in [0.4, 0.5) is 5.69 Å². The summed E-state index contributed by atoms with van der Waals surface area (Å²) in [5.41, 5.74) is 3.52. The zero-order valence-corrected chi connectivity index (χ0v) is 14.3. The Balaban J connectivity index is 1.53. The quantitative estimate of drug-likeness (QED) is 0.915. The highest BCUT2D eigenvalue weighted by atomic mass is 16.5. The van der Waals surface area contributed by atoms with Gasteiger partial charge in [-0.3, -0.25) is 9.69 Å². The van der Waals surface area contributed by atoms with Gasteiger partial charge >= 0.3 is 0 Å². The summed E-state index contributed by atoms with van der Waals surface area (Å²) >= 11 is 0. The van der Waals surface area contributed by atoms with Gasteiger partial charge in [-0.2, -0.15) is 0 Å². The maximum absolute atomic E-state index is 12.3. The number of nitrogens with one attached hydrogen (secondary N) is 1. The number of carbonyl (C=O) groups is 1. The molecule has 4 heteroatoms. The number of nitrogens with zero attached hydrogens (tertiary/aromatic N) is 1. The van der Waals surface area contributed by atoms with E-state index in [2.05, 4.69) is 34.5 Å². The van der Waals surface area contributed by atoms with E-state index < -0.39 is 0 Å². The molecule has 0 aliphatic carbocycles. The van der Waals surface area contributed by atoms with Crippen LogP contribution in [0.2, 0.25) is 0 Å². The van der Waals surface area contributed by atoms with Crippen molar-refractivity contribution in [3.8, 4) is 5.75 Å². The summed E-state index contributed by atoms with van der Waals surface area (Å²) in [7, 11) is 0. The van der Waals surface area contributed by atoms with E-state index in [9.17, 15) is 4.79 Å². The van der Waals surface area contributed by atoms with Crippen LogP contribution in [0.3, 0.4) is 0 Å². The number of benzene rings is 2. The third kappa shape index (κ3) is 4.36. The Morgan fingerprint density at radius 1 is 1.12 bits per heavy atom. The van der Waals surface area contributed by atoms with E-state index >= 15 is 0 Å². The molecule has 1 heterocycles. The molecule has 0 fully saturated rings. The van der Waals surface area contributed by atoms with Crippen LogP contribution in [0.5, 0.6) is 5.75 Å². The highest BCUT2D eigenvalue weighted by Gasteiger charge is 2.18. The van der Waals surface area contributed by atoms with Crippen LogP contribution in [0.25, 0.3) is 0 Å². The van der Waals surface area contributed by atoms with Crippen LogP contribution < -0.4 is 10.1 Å². The van der Waals surface area contributed by atoms with Crippen molar-refractivity contribution in [2.75, 3.05) is 18.4 Å². The van der Waals surface area contributed by atoms with Gasteiger partial charge in [-0.05, 0) is 55.7 Å². The van der Waals surface area contributed by atoms with Crippen molar-refractivity contribution in [2.24, 2.45) is 0 Å². The van der Waals surface area contributed by atoms with E-state index in [0.717, 1.165) is 30.9 Å². The molecule has 2 aromatic carbocycles. The van der Waals surface area contributed by atoms with Gasteiger partial charge in [-0.1, -0.05) is 24.3 Å². The maximum Gasteiger partial charge on any atom is 0.238 e. The number of ether oxygens (including phenoxy) is 1. The predicted octanol–water partition coefficient (Wildman–Crippen LogP) is 3.47. The van der Waals surface area contributed by atoms with Gasteiger partial charge in [0.1, 0.15) is 5.75 Å². The van der Waals surface area contributed by atoms with E-state index in [-0.39, 0.29) is 12.0 Å². The third-order valence-corrected chi connectivity index (χ3v) is 4.09. The van der Waals surface area contributed by atoms with Crippen LogP contribution in [0.15, 0.2) is 48.5 Å². The number of hydrogen-bond acceptors (Lipinski definition) is 3. The zero-order chi connectivity index (χ0) is 16.9. The van der Waals surface area contributed by atoms with Crippen molar-refractivity contribution in [2.45, 2.75) is 32.9 Å². The molecule has 1 aliphatic rings. The van der Waals surface area contributed by atoms with Crippen molar-refractivity contribution in [3.63, 3.8) is 0 Å². The first-order valence-corrected chi connectivity index (χ1v) is 8.46. The summed E-state index contributed by atoms with van der Waals surface area (Å²) < 4.78 is 5.61. The van der Waals surface area contributed by atoms with Crippen LogP contribution in [0, 0.1) is 0 Å². The molecule has 0 spiro atoms. The molecule has 0 bridgehead atoms. The van der Waals surface area contributed by atoms with Gasteiger partial charge < -0.3 is 10.1 Å². The van der Waals surface area contributed by atoms with Gasteiger partial charge in [0.25, 0.3) is 0 Å². The van der Waals surface area contributed by atoms with E-state index in [1.807, 2.05) is 38.1 Å². The monoisotopic (exact) mass is 324 g/mol. The molecule has 0 atom stereocenters. The highest BCUT2D eigenvalue weighted by Crippen LogP contribution is 2.19. The molecule has 2 aromatic rings. The lowest BCUT2D eigenvalue weighted by atomic mass is 10.00. The molecule has 0 aromatic heterocycles. The number of carbonyl (C=O) groups excluding carboxylic acids is 1. The lowest BCUT2D eigenvalue weighted by Gasteiger charge is -2.28. The largest absolute Gasteiger partial charge is 0.491 e. The molecule has 24 heavy (non-hydrogen) atoms. The summed E-state index contributed by atoms with van der Waals surface area (Å²) in [5, 5.41) is 2.96. The Bertz CT molecular complexity index is 695. The fourth-order valence-corrected chi connectivity index (χ4v) is 2.98. The average Bonchev–Trinajstić information content (AvgIpc) is 2.56. The second-order valence-corrected chi connectivity index (χ2v) is 6.47. The first-order valence-electron chi connectivity index (χ1n) is 8.46. The molecule has 126 valence electrons. The highest BCUT2D eigenvalue weighted by molar-refractivity contribution is 5.92. The second kappa shape index (κ2) is 7.49. The minimum atomic E-state index is 0.0203. The predicted molar refractivity (Wildman–Crippen MR) is 96.3 cm³/mol. The summed E-state index contributed by atoms with van der Waals surface area (Å²) in [4.78, 5) is 14.5. The Morgan fingerprint density at radius 2 is 1.83 bits per heavy atom. The molecular weight excluding hydrogens is 300 g/mol. The number of hydrogen-bond donors (Lipinski definition) is 1. The first-order chi connectivity index (χ1) is 11.6. The van der Waals surface area contributed by atoms with Gasteiger partial charge in [0, 0.05) is 18.8 Å². The molecule has 0 unspecified atom stereocenters. The molecule has 1 amide bonds. The normalized spacial score (nSPS) is 14.3. The molecular formula is C20H24N2O2. The first kappa shape index (κ1) is 16.5. The summed E-state index contributed by atoms with van der Waals surface area (Å²) in [6, 6.07) is 16.0. The Kier molecular flexibility index (Phi) is 5.16. The van der Waals surface area contributed by atoms with Crippen molar-refractivity contribution < 1.29 is 9.53 Å². The number of fused-ring (bicyclic) bond motifs is 1. The number of anilines is 1. The minimum Gasteiger partial charge on any atom is -0.491 e. The smallest absolute Gasteiger partial charge is 0.238 e. The standard InChI is InChI=1S/C20H24N2O2/c1-15(2)24-19-9-7-18(8-10-19)21-20(23)14-22-12-11-16-5-3-4-6-17(16)13-22/h3-10,15H,11-14H2,1-2H3,(H,21,23). The average molecular weight is 324 g/mol. The maximum atomic E-state index is 12.3. The van der Waals surface area contributed by atoms with E-state index in [4.69, 9.17) is 4.74 Å². The fourth-order valence-electron chi connectivity index (χ4n) is 2.98. The molecule has 0 saturated heterocycles. The zero-order valence-electron chi connectivity index (χ0n) is 14.3. The van der Waals surface area contributed by atoms with Crippen molar-refractivity contribution in [3.05, 3.63) is 59.7 Å². The molecule has 0 saturated carbocycles. The third-order valence-electron chi connectivity index (χ3n) is 4.09. The molecule has 4 nitrogen and oxygen atoms in total. The van der Waals surface area contributed by atoms with Crippen molar-refractivity contribution >= 4 is 11.6 Å². The van der Waals surface area contributed by atoms with E-state index in [0.29, 0.717) is 6.54 Å². The van der Waals surface area contributed by atoms with Gasteiger partial charge in [-0.15, -0.1) is 0 Å². The fraction of sp³-hybridized carbons (Fsp3) is 0.350. The van der Waals surface area contributed by atoms with Crippen molar-refractivity contribution in [1.82, 2.24) is 4.90 Å². The molecule has 1 aliphatic heterocycles. The van der Waals surface area contributed by atoms with Gasteiger partial charge in [0.2, 0.25) is 5.91 Å².